The zero-order valence-electron chi connectivity index (χ0n) is 24.6. The van der Waals surface area contributed by atoms with Crippen molar-refractivity contribution in [3.8, 4) is 5.75 Å². The van der Waals surface area contributed by atoms with Crippen LogP contribution >= 0.6 is 0 Å². The molecule has 0 unspecified atom stereocenters. The van der Waals surface area contributed by atoms with E-state index in [4.69, 9.17) is 5.73 Å². The van der Waals surface area contributed by atoms with Crippen LogP contribution in [0.5, 0.6) is 5.75 Å². The van der Waals surface area contributed by atoms with Crippen LogP contribution in [-0.2, 0) is 27.3 Å². The summed E-state index contributed by atoms with van der Waals surface area (Å²) in [5.41, 5.74) is 9.76. The van der Waals surface area contributed by atoms with Crippen LogP contribution in [-0.4, -0.2) is 82.8 Å². The number of benzene rings is 1. The first kappa shape index (κ1) is 30.4. The predicted octanol–water partition coefficient (Wildman–Crippen LogP) is 1.02. The Bertz CT molecular complexity index is 1370. The van der Waals surface area contributed by atoms with E-state index in [0.717, 1.165) is 0 Å². The Morgan fingerprint density at radius 3 is 2.32 bits per heavy atom. The van der Waals surface area contributed by atoms with Crippen LogP contribution in [0.2, 0.25) is 0 Å². The minimum atomic E-state index is -2.10. The van der Waals surface area contributed by atoms with Gasteiger partial charge in [0.25, 0.3) is 0 Å². The highest BCUT2D eigenvalue weighted by Gasteiger charge is 2.60. The molecule has 12 nitrogen and oxygen atoms in total. The maximum absolute atomic E-state index is 14.0. The van der Waals surface area contributed by atoms with Gasteiger partial charge in [-0.05, 0) is 44.5 Å². The van der Waals surface area contributed by atoms with Crippen LogP contribution in [0.25, 0.3) is 5.76 Å². The number of carbonyl (C=O) groups excluding carboxylic acids is 3. The Morgan fingerprint density at radius 2 is 1.78 bits per heavy atom. The molecule has 3 aliphatic rings. The molecule has 0 bridgehead atoms. The van der Waals surface area contributed by atoms with E-state index in [1.54, 1.807) is 45.8 Å². The molecular formula is C29H41N5O7. The van der Waals surface area contributed by atoms with Crippen molar-refractivity contribution in [2.75, 3.05) is 33.1 Å². The first-order chi connectivity index (χ1) is 18.9. The number of aliphatic hydroxyl groups excluding tert-OH is 2. The molecule has 1 aromatic carbocycles. The lowest BCUT2D eigenvalue weighted by molar-refractivity contribution is -0.151. The lowest BCUT2D eigenvalue weighted by atomic mass is 9.57. The van der Waals surface area contributed by atoms with E-state index in [0.29, 0.717) is 16.8 Å². The molecule has 4 atom stereocenters. The number of Topliss-reactive ketones (excluding diaryl/α,β-unsaturated/α-hetero) is 1. The van der Waals surface area contributed by atoms with Gasteiger partial charge in [-0.1, -0.05) is 20.8 Å². The summed E-state index contributed by atoms with van der Waals surface area (Å²) in [6.45, 7) is 5.33. The minimum absolute atomic E-state index is 0.0230. The number of carbonyl (C=O) groups is 3. The third-order valence-corrected chi connectivity index (χ3v) is 8.52. The Balaban J connectivity index is 1.81. The number of hydrogen-bond acceptors (Lipinski definition) is 10. The van der Waals surface area contributed by atoms with Crippen molar-refractivity contribution in [1.29, 1.82) is 0 Å². The number of amides is 2. The number of likely N-dealkylation sites (N-methyl/N-ethyl adjacent to an activating group) is 1. The Morgan fingerprint density at radius 1 is 1.15 bits per heavy atom. The normalized spacial score (nSPS) is 26.0. The van der Waals surface area contributed by atoms with Gasteiger partial charge in [0.2, 0.25) is 11.8 Å². The monoisotopic (exact) mass is 571 g/mol. The number of aliphatic hydroxyl groups is 3. The SMILES string of the molecule is CN(C)c1cc(CNNC(=O)C(C)(C)C)c(O)c2c1C[C@H]1C[C@H]3[C@H](N(C)C)C(O)=C(C(N)=O)C[C@@]3(O)C(=O)C1=C2O. The molecule has 1 aromatic rings. The first-order valence-corrected chi connectivity index (χ1v) is 13.6. The Labute approximate surface area is 239 Å². The van der Waals surface area contributed by atoms with E-state index >= 15 is 0 Å². The van der Waals surface area contributed by atoms with E-state index in [2.05, 4.69) is 10.9 Å². The number of nitrogens with zero attached hydrogens (tertiary/aromatic N) is 2. The standard InChI is InChI=1S/C29H41N5O7/c1-28(2,3)27(40)32-31-12-14-10-18(33(4)5)15-8-13-9-17-21(34(6)7)23(36)16(26(30)39)11-29(17,41)25(38)19(13)24(37)20(15)22(14)35/h10,13,17,21,31,35-37,41H,8-9,11-12H2,1-7H3,(H2,30,39)(H,32,40)/t13-,17-,21-,29-/m0/s1. The van der Waals surface area contributed by atoms with Gasteiger partial charge in [-0.3, -0.25) is 24.7 Å². The van der Waals surface area contributed by atoms with Crippen LogP contribution < -0.4 is 21.5 Å². The summed E-state index contributed by atoms with van der Waals surface area (Å²) in [4.78, 5) is 42.0. The van der Waals surface area contributed by atoms with E-state index in [-0.39, 0.29) is 53.5 Å². The van der Waals surface area contributed by atoms with Gasteiger partial charge in [0.05, 0.1) is 17.2 Å². The summed E-state index contributed by atoms with van der Waals surface area (Å²) in [5.74, 6) is -4.18. The van der Waals surface area contributed by atoms with Gasteiger partial charge in [0.1, 0.15) is 22.9 Å². The summed E-state index contributed by atoms with van der Waals surface area (Å²) in [7, 11) is 7.00. The number of anilines is 1. The topological polar surface area (TPSA) is 189 Å². The van der Waals surface area contributed by atoms with Crippen LogP contribution in [0.4, 0.5) is 5.69 Å². The second kappa shape index (κ2) is 10.3. The van der Waals surface area contributed by atoms with Gasteiger partial charge < -0.3 is 31.1 Å². The molecule has 0 heterocycles. The average Bonchev–Trinajstić information content (AvgIpc) is 2.85. The molecule has 12 heteroatoms. The number of fused-ring (bicyclic) bond motifs is 3. The zero-order valence-corrected chi connectivity index (χ0v) is 24.6. The van der Waals surface area contributed by atoms with E-state index < -0.39 is 52.8 Å². The second-order valence-electron chi connectivity index (χ2n) is 12.8. The molecule has 0 spiro atoms. The molecule has 8 N–H and O–H groups in total. The van der Waals surface area contributed by atoms with Crippen molar-refractivity contribution in [2.45, 2.75) is 58.2 Å². The number of nitrogens with two attached hydrogens (primary N) is 1. The molecule has 0 aromatic heterocycles. The Kier molecular flexibility index (Phi) is 7.65. The molecule has 0 radical (unpaired) electrons. The van der Waals surface area contributed by atoms with E-state index in [1.165, 1.54) is 0 Å². The third-order valence-electron chi connectivity index (χ3n) is 8.52. The van der Waals surface area contributed by atoms with Gasteiger partial charge in [-0.15, -0.1) is 0 Å². The summed E-state index contributed by atoms with van der Waals surface area (Å²) in [6, 6.07) is 0.921. The van der Waals surface area contributed by atoms with Gasteiger partial charge >= 0.3 is 0 Å². The van der Waals surface area contributed by atoms with Crippen LogP contribution in [0.1, 0.15) is 50.3 Å². The summed E-state index contributed by atoms with van der Waals surface area (Å²) in [5, 5.41) is 45.7. The lowest BCUT2D eigenvalue weighted by Crippen LogP contribution is -2.62. The molecule has 0 saturated heterocycles. The van der Waals surface area contributed by atoms with Crippen molar-refractivity contribution in [2.24, 2.45) is 23.0 Å². The zero-order chi connectivity index (χ0) is 30.8. The number of aromatic hydroxyl groups is 1. The van der Waals surface area contributed by atoms with E-state index in [1.807, 2.05) is 19.0 Å². The van der Waals surface area contributed by atoms with Crippen molar-refractivity contribution in [3.63, 3.8) is 0 Å². The van der Waals surface area contributed by atoms with Crippen molar-refractivity contribution < 1.29 is 34.8 Å². The highest BCUT2D eigenvalue weighted by molar-refractivity contribution is 6.10. The quantitative estimate of drug-likeness (QED) is 0.243. The number of nitrogens with one attached hydrogen (secondary N) is 2. The molecule has 2 amide bonds. The molecule has 224 valence electrons. The highest BCUT2D eigenvalue weighted by atomic mass is 16.3. The fraction of sp³-hybridized carbons (Fsp3) is 0.552. The molecule has 3 aliphatic carbocycles. The number of hydrazine groups is 1. The Hall–Kier alpha value is -3.61. The highest BCUT2D eigenvalue weighted by Crippen LogP contribution is 2.54. The van der Waals surface area contributed by atoms with Crippen molar-refractivity contribution in [1.82, 2.24) is 15.8 Å². The van der Waals surface area contributed by atoms with Crippen molar-refractivity contribution in [3.05, 3.63) is 39.7 Å². The second-order valence-corrected chi connectivity index (χ2v) is 12.8. The maximum atomic E-state index is 14.0. The number of phenolic OH excluding ortho intramolecular Hbond substituents is 1. The van der Waals surface area contributed by atoms with Gasteiger partial charge in [-0.25, -0.2) is 5.43 Å². The smallest absolute Gasteiger partial charge is 0.248 e. The maximum Gasteiger partial charge on any atom is 0.248 e. The number of ketones is 1. The van der Waals surface area contributed by atoms with Crippen molar-refractivity contribution >= 4 is 29.0 Å². The number of phenols is 1. The number of rotatable bonds is 6. The van der Waals surface area contributed by atoms with E-state index in [9.17, 15) is 34.8 Å². The van der Waals surface area contributed by atoms with Crippen LogP contribution in [0, 0.1) is 17.3 Å². The minimum Gasteiger partial charge on any atom is -0.510 e. The molecular weight excluding hydrogens is 530 g/mol. The van der Waals surface area contributed by atoms with Gasteiger partial charge in [0.15, 0.2) is 5.78 Å². The molecule has 1 saturated carbocycles. The third kappa shape index (κ3) is 4.93. The van der Waals surface area contributed by atoms with Gasteiger partial charge in [-0.2, -0.15) is 0 Å². The summed E-state index contributed by atoms with van der Waals surface area (Å²) in [6.07, 6.45) is 0.0381. The fourth-order valence-corrected chi connectivity index (χ4v) is 6.38. The molecule has 0 aliphatic heterocycles. The molecule has 4 rings (SSSR count). The fourth-order valence-electron chi connectivity index (χ4n) is 6.38. The predicted molar refractivity (Wildman–Crippen MR) is 153 cm³/mol. The first-order valence-electron chi connectivity index (χ1n) is 13.6. The van der Waals surface area contributed by atoms with Crippen LogP contribution in [0.3, 0.4) is 0 Å². The average molecular weight is 572 g/mol. The molecule has 1 fully saturated rings. The summed E-state index contributed by atoms with van der Waals surface area (Å²) >= 11 is 0. The number of primary amides is 1. The largest absolute Gasteiger partial charge is 0.510 e. The number of hydrogen-bond donors (Lipinski definition) is 7. The van der Waals surface area contributed by atoms with Gasteiger partial charge in [0, 0.05) is 55.2 Å². The van der Waals surface area contributed by atoms with Crippen LogP contribution in [0.15, 0.2) is 23.0 Å². The summed E-state index contributed by atoms with van der Waals surface area (Å²) < 4.78 is 0. The lowest BCUT2D eigenvalue weighted by Gasteiger charge is -2.51. The molecule has 41 heavy (non-hydrogen) atoms.